The van der Waals surface area contributed by atoms with Gasteiger partial charge in [-0.2, -0.15) is 0 Å². The van der Waals surface area contributed by atoms with E-state index in [4.69, 9.17) is 22.4 Å². The zero-order chi connectivity index (χ0) is 27.4. The van der Waals surface area contributed by atoms with E-state index in [0.29, 0.717) is 16.7 Å². The maximum atomic E-state index is 13.2. The Labute approximate surface area is 238 Å². The van der Waals surface area contributed by atoms with E-state index in [2.05, 4.69) is 26.8 Å². The van der Waals surface area contributed by atoms with E-state index < -0.39 is 11.5 Å². The summed E-state index contributed by atoms with van der Waals surface area (Å²) in [7, 11) is 0. The smallest absolute Gasteiger partial charge is 0.344 e. The van der Waals surface area contributed by atoms with E-state index >= 15 is 0 Å². The molecule has 1 aromatic heterocycles. The van der Waals surface area contributed by atoms with E-state index in [1.54, 1.807) is 24.3 Å². The molecule has 5 rings (SSSR count). The van der Waals surface area contributed by atoms with Crippen molar-refractivity contribution in [1.82, 2.24) is 10.9 Å². The SMILES string of the molecule is NC(=S)NN/C(=C/[C@H](c1ccccc1)c1c(O)c2ccccc2oc1=O)c1ccc(-c2ccc(Br)cc2)cc1. The number of hydrazine groups is 1. The van der Waals surface area contributed by atoms with Gasteiger partial charge < -0.3 is 15.3 Å². The second-order valence-corrected chi connectivity index (χ2v) is 10.2. The van der Waals surface area contributed by atoms with E-state index in [1.807, 2.05) is 84.9 Å². The van der Waals surface area contributed by atoms with Gasteiger partial charge in [0.2, 0.25) is 0 Å². The van der Waals surface area contributed by atoms with Crippen molar-refractivity contribution in [3.05, 3.63) is 141 Å². The molecule has 0 radical (unpaired) electrons. The number of nitrogens with two attached hydrogens (primary N) is 1. The summed E-state index contributed by atoms with van der Waals surface area (Å²) < 4.78 is 6.62. The first kappa shape index (κ1) is 26.2. The van der Waals surface area contributed by atoms with Crippen molar-refractivity contribution in [2.24, 2.45) is 5.73 Å². The van der Waals surface area contributed by atoms with E-state index in [9.17, 15) is 9.90 Å². The molecule has 0 fully saturated rings. The maximum absolute atomic E-state index is 13.2. The molecule has 0 bridgehead atoms. The molecular formula is C31H24BrN3O3S. The molecule has 0 aliphatic heterocycles. The van der Waals surface area contributed by atoms with Crippen molar-refractivity contribution in [2.75, 3.05) is 0 Å². The highest BCUT2D eigenvalue weighted by molar-refractivity contribution is 9.10. The summed E-state index contributed by atoms with van der Waals surface area (Å²) in [5.41, 5.74) is 15.7. The van der Waals surface area contributed by atoms with Gasteiger partial charge in [0.05, 0.1) is 16.6 Å². The number of benzene rings is 4. The predicted octanol–water partition coefficient (Wildman–Crippen LogP) is 6.44. The first-order valence-corrected chi connectivity index (χ1v) is 13.3. The minimum atomic E-state index is -0.658. The second-order valence-electron chi connectivity index (χ2n) is 8.82. The molecule has 1 heterocycles. The monoisotopic (exact) mass is 597 g/mol. The van der Waals surface area contributed by atoms with Gasteiger partial charge in [0, 0.05) is 10.4 Å². The number of hydrogen-bond acceptors (Lipinski definition) is 5. The van der Waals surface area contributed by atoms with Crippen molar-refractivity contribution in [3.63, 3.8) is 0 Å². The van der Waals surface area contributed by atoms with Gasteiger partial charge in [0.1, 0.15) is 11.3 Å². The van der Waals surface area contributed by atoms with Gasteiger partial charge in [-0.25, -0.2) is 4.79 Å². The van der Waals surface area contributed by atoms with Crippen LogP contribution in [-0.2, 0) is 0 Å². The fourth-order valence-electron chi connectivity index (χ4n) is 4.42. The number of hydrogen-bond donors (Lipinski definition) is 4. The third-order valence-corrected chi connectivity index (χ3v) is 6.95. The van der Waals surface area contributed by atoms with Crippen LogP contribution >= 0.6 is 28.1 Å². The summed E-state index contributed by atoms with van der Waals surface area (Å²) >= 11 is 8.49. The molecule has 0 saturated heterocycles. The summed E-state index contributed by atoms with van der Waals surface area (Å²) in [6.07, 6.45) is 1.84. The van der Waals surface area contributed by atoms with Gasteiger partial charge in [-0.15, -0.1) is 0 Å². The van der Waals surface area contributed by atoms with Crippen molar-refractivity contribution in [1.29, 1.82) is 0 Å². The number of para-hydroxylation sites is 1. The molecule has 194 valence electrons. The van der Waals surface area contributed by atoms with Crippen molar-refractivity contribution >= 4 is 49.9 Å². The highest BCUT2D eigenvalue weighted by Gasteiger charge is 2.24. The van der Waals surface area contributed by atoms with E-state index in [1.165, 1.54) is 0 Å². The zero-order valence-electron chi connectivity index (χ0n) is 20.6. The lowest BCUT2D eigenvalue weighted by molar-refractivity contribution is 0.456. The molecule has 5 aromatic rings. The average molecular weight is 599 g/mol. The molecule has 0 spiro atoms. The van der Waals surface area contributed by atoms with Crippen LogP contribution in [0.15, 0.2) is 123 Å². The minimum absolute atomic E-state index is 0.0525. The summed E-state index contributed by atoms with van der Waals surface area (Å²) in [5.74, 6) is -0.784. The van der Waals surface area contributed by atoms with Crippen LogP contribution in [0.25, 0.3) is 27.8 Å². The number of nitrogens with one attached hydrogen (secondary N) is 2. The predicted molar refractivity (Wildman–Crippen MR) is 163 cm³/mol. The molecule has 5 N–H and O–H groups in total. The molecular weight excluding hydrogens is 574 g/mol. The zero-order valence-corrected chi connectivity index (χ0v) is 23.0. The number of rotatable bonds is 7. The third kappa shape index (κ3) is 5.87. The fourth-order valence-corrected chi connectivity index (χ4v) is 4.73. The largest absolute Gasteiger partial charge is 0.507 e. The number of fused-ring (bicyclic) bond motifs is 1. The summed E-state index contributed by atoms with van der Waals surface area (Å²) in [6, 6.07) is 32.3. The van der Waals surface area contributed by atoms with Gasteiger partial charge in [-0.3, -0.25) is 10.9 Å². The van der Waals surface area contributed by atoms with Crippen molar-refractivity contribution < 1.29 is 9.52 Å². The number of aromatic hydroxyl groups is 1. The molecule has 39 heavy (non-hydrogen) atoms. The lowest BCUT2D eigenvalue weighted by Gasteiger charge is -2.19. The van der Waals surface area contributed by atoms with Crippen molar-refractivity contribution in [3.8, 4) is 16.9 Å². The fraction of sp³-hybridized carbons (Fsp3) is 0.0323. The van der Waals surface area contributed by atoms with Crippen LogP contribution in [0.2, 0.25) is 0 Å². The molecule has 4 aromatic carbocycles. The first-order valence-electron chi connectivity index (χ1n) is 12.1. The van der Waals surface area contributed by atoms with Gasteiger partial charge in [0.25, 0.3) is 0 Å². The van der Waals surface area contributed by atoms with Crippen LogP contribution in [-0.4, -0.2) is 10.2 Å². The van der Waals surface area contributed by atoms with Gasteiger partial charge in [-0.1, -0.05) is 94.8 Å². The van der Waals surface area contributed by atoms with Gasteiger partial charge in [-0.05, 0) is 64.8 Å². The molecule has 1 atom stereocenters. The normalized spacial score (nSPS) is 12.2. The summed E-state index contributed by atoms with van der Waals surface area (Å²) in [5, 5.41) is 11.8. The Balaban J connectivity index is 1.65. The highest BCUT2D eigenvalue weighted by Crippen LogP contribution is 2.36. The third-order valence-electron chi connectivity index (χ3n) is 6.32. The molecule has 0 aliphatic rings. The Hall–Kier alpha value is -4.40. The Morgan fingerprint density at radius 1 is 0.872 bits per heavy atom. The second kappa shape index (κ2) is 11.6. The highest BCUT2D eigenvalue weighted by atomic mass is 79.9. The Kier molecular flexibility index (Phi) is 7.76. The minimum Gasteiger partial charge on any atom is -0.507 e. The standard InChI is InChI=1S/C31H24BrN3O3S/c32-23-16-14-20(15-17-23)19-10-12-22(13-11-19)26(34-35-31(33)39)18-25(21-6-2-1-3-7-21)28-29(36)24-8-4-5-9-27(24)38-30(28)37/h1-18,25,34,36H,(H3,33,35,39)/b26-18+/t25-/m1/s1. The van der Waals surface area contributed by atoms with Crippen LogP contribution in [0.5, 0.6) is 5.75 Å². The molecule has 0 amide bonds. The summed E-state index contributed by atoms with van der Waals surface area (Å²) in [6.45, 7) is 0. The van der Waals surface area contributed by atoms with E-state index in [-0.39, 0.29) is 16.4 Å². The molecule has 0 aliphatic carbocycles. The Morgan fingerprint density at radius 3 is 2.15 bits per heavy atom. The topological polar surface area (TPSA) is 101 Å². The van der Waals surface area contributed by atoms with Gasteiger partial charge >= 0.3 is 5.63 Å². The molecule has 8 heteroatoms. The van der Waals surface area contributed by atoms with Crippen LogP contribution < -0.4 is 22.2 Å². The maximum Gasteiger partial charge on any atom is 0.344 e. The van der Waals surface area contributed by atoms with Crippen LogP contribution in [0.3, 0.4) is 0 Å². The molecule has 6 nitrogen and oxygen atoms in total. The van der Waals surface area contributed by atoms with Crippen LogP contribution in [0, 0.1) is 0 Å². The lowest BCUT2D eigenvalue weighted by Crippen LogP contribution is -2.39. The van der Waals surface area contributed by atoms with Gasteiger partial charge in [0.15, 0.2) is 5.11 Å². The van der Waals surface area contributed by atoms with E-state index in [0.717, 1.165) is 26.7 Å². The Morgan fingerprint density at radius 2 is 1.49 bits per heavy atom. The van der Waals surface area contributed by atoms with Crippen molar-refractivity contribution in [2.45, 2.75) is 5.92 Å². The quantitative estimate of drug-likeness (QED) is 0.0972. The van der Waals surface area contributed by atoms with Crippen LogP contribution in [0.4, 0.5) is 0 Å². The lowest BCUT2D eigenvalue weighted by atomic mass is 9.89. The number of thiocarbonyl (C=S) groups is 1. The number of halogens is 1. The molecule has 0 unspecified atom stereocenters. The Bertz CT molecular complexity index is 1720. The molecule has 0 saturated carbocycles. The first-order chi connectivity index (χ1) is 18.9. The number of allylic oxidation sites excluding steroid dienone is 1. The summed E-state index contributed by atoms with van der Waals surface area (Å²) in [4.78, 5) is 13.2. The average Bonchev–Trinajstić information content (AvgIpc) is 2.95. The van der Waals surface area contributed by atoms with Crippen LogP contribution in [0.1, 0.15) is 22.6 Å².